The van der Waals surface area contributed by atoms with Gasteiger partial charge in [-0.05, 0) is 68.5 Å². The Hall–Kier alpha value is -4.32. The zero-order chi connectivity index (χ0) is 26.6. The molecule has 0 spiro atoms. The van der Waals surface area contributed by atoms with Crippen LogP contribution < -0.4 is 15.1 Å². The first-order valence-electron chi connectivity index (χ1n) is 12.7. The number of hydrogen-bond acceptors (Lipinski definition) is 9. The fourth-order valence-electron chi connectivity index (χ4n) is 5.38. The van der Waals surface area contributed by atoms with Crippen LogP contribution >= 0.6 is 0 Å². The van der Waals surface area contributed by atoms with E-state index in [0.29, 0.717) is 17.2 Å². The molecule has 3 atom stereocenters. The van der Waals surface area contributed by atoms with Crippen LogP contribution in [0.5, 0.6) is 0 Å². The number of H-pyrrole nitrogens is 1. The largest absolute Gasteiger partial charge is 0.372 e. The maximum absolute atomic E-state index is 13.4. The van der Waals surface area contributed by atoms with Gasteiger partial charge in [-0.1, -0.05) is 5.10 Å². The van der Waals surface area contributed by atoms with Crippen molar-refractivity contribution >= 4 is 34.3 Å². The Balaban J connectivity index is 1.29. The van der Waals surface area contributed by atoms with Crippen molar-refractivity contribution in [2.24, 2.45) is 0 Å². The first-order chi connectivity index (χ1) is 18.3. The fraction of sp³-hybridized carbons (Fsp3) is 0.385. The second-order valence-corrected chi connectivity index (χ2v) is 10.0. The quantitative estimate of drug-likeness (QED) is 0.422. The number of nitrogens with one attached hydrogen (secondary N) is 2. The minimum Gasteiger partial charge on any atom is -0.372 e. The number of anilines is 3. The lowest BCUT2D eigenvalue weighted by Gasteiger charge is -2.36. The highest BCUT2D eigenvalue weighted by Crippen LogP contribution is 2.34. The van der Waals surface area contributed by atoms with Crippen molar-refractivity contribution in [1.29, 1.82) is 0 Å². The lowest BCUT2D eigenvalue weighted by molar-refractivity contribution is -0.113. The number of carbonyl (C=O) groups is 1. The Kier molecular flexibility index (Phi) is 5.83. The number of tetrazole rings is 1. The first-order valence-corrected chi connectivity index (χ1v) is 12.7. The first kappa shape index (κ1) is 24.0. The summed E-state index contributed by atoms with van der Waals surface area (Å²) in [6.45, 7) is 9.54. The van der Waals surface area contributed by atoms with E-state index in [1.807, 2.05) is 56.3 Å². The molecule has 2 aliphatic heterocycles. The number of allylic oxidation sites excluding steroid dienone is 1. The molecule has 0 saturated carbocycles. The minimum absolute atomic E-state index is 0.138. The van der Waals surface area contributed by atoms with Crippen LogP contribution in [0.4, 0.5) is 17.5 Å². The summed E-state index contributed by atoms with van der Waals surface area (Å²) in [4.78, 5) is 22.1. The van der Waals surface area contributed by atoms with Crippen molar-refractivity contribution in [1.82, 2.24) is 35.4 Å². The van der Waals surface area contributed by atoms with E-state index in [1.54, 1.807) is 4.68 Å². The van der Waals surface area contributed by atoms with E-state index in [0.717, 1.165) is 46.8 Å². The van der Waals surface area contributed by atoms with Crippen molar-refractivity contribution in [3.63, 3.8) is 0 Å². The van der Waals surface area contributed by atoms with Crippen LogP contribution in [-0.2, 0) is 9.53 Å². The molecule has 1 saturated heterocycles. The predicted octanol–water partition coefficient (Wildman–Crippen LogP) is 3.15. The van der Waals surface area contributed by atoms with Gasteiger partial charge in [0.15, 0.2) is 0 Å². The van der Waals surface area contributed by atoms with E-state index >= 15 is 0 Å². The summed E-state index contributed by atoms with van der Waals surface area (Å²) >= 11 is 0. The molecule has 0 radical (unpaired) electrons. The monoisotopic (exact) mass is 514 g/mol. The van der Waals surface area contributed by atoms with Crippen molar-refractivity contribution in [3.8, 4) is 11.3 Å². The topological polar surface area (TPSA) is 130 Å². The van der Waals surface area contributed by atoms with Crippen molar-refractivity contribution in [2.45, 2.75) is 45.9 Å². The highest BCUT2D eigenvalue weighted by atomic mass is 16.5. The van der Waals surface area contributed by atoms with Crippen LogP contribution in [0.1, 0.15) is 33.7 Å². The van der Waals surface area contributed by atoms with Gasteiger partial charge >= 0.3 is 0 Å². The fourth-order valence-corrected chi connectivity index (χ4v) is 5.38. The third-order valence-electron chi connectivity index (χ3n) is 7.28. The molecule has 12 nitrogen and oxygen atoms in total. The predicted molar refractivity (Wildman–Crippen MR) is 144 cm³/mol. The highest BCUT2D eigenvalue weighted by Gasteiger charge is 2.32. The summed E-state index contributed by atoms with van der Waals surface area (Å²) in [7, 11) is 1.85. The van der Waals surface area contributed by atoms with Crippen molar-refractivity contribution in [3.05, 3.63) is 47.8 Å². The lowest BCUT2D eigenvalue weighted by atomic mass is 10.0. The zero-order valence-corrected chi connectivity index (χ0v) is 22.0. The van der Waals surface area contributed by atoms with Crippen LogP contribution in [0, 0.1) is 0 Å². The van der Waals surface area contributed by atoms with Crippen molar-refractivity contribution < 1.29 is 9.53 Å². The summed E-state index contributed by atoms with van der Waals surface area (Å²) < 4.78 is 7.53. The number of aromatic nitrogens is 7. The van der Waals surface area contributed by atoms with Gasteiger partial charge in [0.1, 0.15) is 11.5 Å². The second-order valence-electron chi connectivity index (χ2n) is 10.0. The molecule has 0 bridgehead atoms. The molecular formula is C26H30N10O2. The molecule has 1 fully saturated rings. The number of ether oxygens (including phenoxy) is 1. The van der Waals surface area contributed by atoms with Gasteiger partial charge < -0.3 is 19.9 Å². The molecule has 2 aliphatic rings. The molecule has 0 aliphatic carbocycles. The molecule has 5 heterocycles. The molecule has 1 amide bonds. The van der Waals surface area contributed by atoms with Crippen LogP contribution in [0.25, 0.3) is 22.2 Å². The number of carbonyl (C=O) groups excluding carboxylic acids is 1. The third-order valence-corrected chi connectivity index (χ3v) is 7.28. The van der Waals surface area contributed by atoms with Gasteiger partial charge in [0.2, 0.25) is 5.95 Å². The lowest BCUT2D eigenvalue weighted by Crippen LogP contribution is -2.45. The Bertz CT molecular complexity index is 1550. The summed E-state index contributed by atoms with van der Waals surface area (Å²) in [5.74, 6) is 1.30. The van der Waals surface area contributed by atoms with E-state index < -0.39 is 0 Å². The average molecular weight is 515 g/mol. The number of rotatable bonds is 4. The zero-order valence-electron chi connectivity index (χ0n) is 22.0. The molecular weight excluding hydrogens is 484 g/mol. The number of pyridine rings is 1. The SMILES string of the molecule is CC1=C(C(=O)Nc2ccc3[nH]nc(-c4ccnc(N5CC(C)OC(C)C5)c4)c3c2)C(C)n2nnnc2N1C. The van der Waals surface area contributed by atoms with Gasteiger partial charge in [-0.3, -0.25) is 9.89 Å². The third kappa shape index (κ3) is 4.06. The summed E-state index contributed by atoms with van der Waals surface area (Å²) in [5.41, 5.74) is 4.71. The number of fused-ring (bicyclic) bond motifs is 2. The maximum atomic E-state index is 13.4. The highest BCUT2D eigenvalue weighted by molar-refractivity contribution is 6.07. The number of benzene rings is 1. The Morgan fingerprint density at radius 1 is 1.13 bits per heavy atom. The van der Waals surface area contributed by atoms with E-state index in [-0.39, 0.29) is 24.2 Å². The van der Waals surface area contributed by atoms with E-state index in [9.17, 15) is 4.79 Å². The molecule has 196 valence electrons. The standard InChI is InChI=1S/C26H30N10O2/c1-14-12-35(13-15(2)38-14)22-10-18(8-9-27-22)24-20-11-19(6-7-21(20)29-30-24)28-25(37)23-16(3)34(5)26-31-32-33-36(26)17(23)4/h6-11,14-15,17H,12-13H2,1-5H3,(H,28,37)(H,29,30). The van der Waals surface area contributed by atoms with Gasteiger partial charge in [0.25, 0.3) is 5.91 Å². The molecule has 6 rings (SSSR count). The maximum Gasteiger partial charge on any atom is 0.255 e. The van der Waals surface area contributed by atoms with Crippen LogP contribution in [0.3, 0.4) is 0 Å². The molecule has 2 N–H and O–H groups in total. The molecule has 38 heavy (non-hydrogen) atoms. The molecule has 1 aromatic carbocycles. The van der Waals surface area contributed by atoms with Gasteiger partial charge in [0.05, 0.1) is 29.3 Å². The summed E-state index contributed by atoms with van der Waals surface area (Å²) in [6, 6.07) is 9.45. The summed E-state index contributed by atoms with van der Waals surface area (Å²) in [5, 5.41) is 23.6. The number of nitrogens with zero attached hydrogens (tertiary/aromatic N) is 8. The molecule has 4 aromatic rings. The summed E-state index contributed by atoms with van der Waals surface area (Å²) in [6.07, 6.45) is 2.09. The van der Waals surface area contributed by atoms with E-state index in [1.165, 1.54) is 0 Å². The van der Waals surface area contributed by atoms with Crippen molar-refractivity contribution in [2.75, 3.05) is 35.3 Å². The smallest absolute Gasteiger partial charge is 0.255 e. The molecule has 12 heteroatoms. The normalized spacial score (nSPS) is 21.7. The molecule has 3 unspecified atom stereocenters. The van der Waals surface area contributed by atoms with Gasteiger partial charge in [0, 0.05) is 48.7 Å². The van der Waals surface area contributed by atoms with Gasteiger partial charge in [-0.2, -0.15) is 5.10 Å². The Labute approximate surface area is 219 Å². The van der Waals surface area contributed by atoms with Crippen LogP contribution in [0.15, 0.2) is 47.8 Å². The van der Waals surface area contributed by atoms with Crippen LogP contribution in [-0.4, -0.2) is 73.6 Å². The average Bonchev–Trinajstić information content (AvgIpc) is 3.55. The van der Waals surface area contributed by atoms with E-state index in [4.69, 9.17) is 4.74 Å². The number of amides is 1. The number of morpholine rings is 1. The Morgan fingerprint density at radius 3 is 2.71 bits per heavy atom. The second kappa shape index (κ2) is 9.21. The minimum atomic E-state index is -0.301. The van der Waals surface area contributed by atoms with Crippen LogP contribution in [0.2, 0.25) is 0 Å². The Morgan fingerprint density at radius 2 is 1.92 bits per heavy atom. The number of aromatic amines is 1. The van der Waals surface area contributed by atoms with E-state index in [2.05, 4.69) is 60.8 Å². The molecule has 3 aromatic heterocycles. The van der Waals surface area contributed by atoms with Gasteiger partial charge in [-0.25, -0.2) is 9.67 Å². The van der Waals surface area contributed by atoms with Gasteiger partial charge in [-0.15, -0.1) is 0 Å². The number of hydrogen-bond donors (Lipinski definition) is 2.